The predicted octanol–water partition coefficient (Wildman–Crippen LogP) is 6.28. The van der Waals surface area contributed by atoms with Crippen molar-refractivity contribution in [2.24, 2.45) is 0 Å². The summed E-state index contributed by atoms with van der Waals surface area (Å²) in [5, 5.41) is 3.52. The number of nitrogens with zero attached hydrogens (tertiary/aromatic N) is 2. The molecule has 0 aliphatic carbocycles. The van der Waals surface area contributed by atoms with E-state index < -0.39 is 48.0 Å². The lowest BCUT2D eigenvalue weighted by molar-refractivity contribution is -0.274. The summed E-state index contributed by atoms with van der Waals surface area (Å²) in [6.45, 7) is 2.87. The molecule has 0 spiro atoms. The van der Waals surface area contributed by atoms with Crippen LogP contribution in [0.5, 0.6) is 5.75 Å². The molecule has 2 aliphatic rings. The van der Waals surface area contributed by atoms with Crippen molar-refractivity contribution < 1.29 is 41.4 Å². The second-order valence-electron chi connectivity index (χ2n) is 11.4. The van der Waals surface area contributed by atoms with E-state index in [4.69, 9.17) is 16.3 Å². The van der Waals surface area contributed by atoms with E-state index in [2.05, 4.69) is 10.1 Å². The smallest absolute Gasteiger partial charge is 0.433 e. The number of imide groups is 1. The second-order valence-corrected chi connectivity index (χ2v) is 11.8. The number of amides is 3. The molecule has 2 aliphatic heterocycles. The number of likely N-dealkylation sites (tertiary alicyclic amines) is 1. The number of cyclic esters (lactones) is 1. The van der Waals surface area contributed by atoms with E-state index in [1.165, 1.54) is 38.1 Å². The van der Waals surface area contributed by atoms with Gasteiger partial charge in [0.2, 0.25) is 5.91 Å². The summed E-state index contributed by atoms with van der Waals surface area (Å²) in [6, 6.07) is 17.0. The van der Waals surface area contributed by atoms with E-state index in [1.54, 1.807) is 4.90 Å². The molecule has 3 amide bonds. The molecule has 2 heterocycles. The minimum atomic E-state index is -4.95. The van der Waals surface area contributed by atoms with E-state index >= 15 is 0 Å². The van der Waals surface area contributed by atoms with Crippen LogP contribution in [-0.4, -0.2) is 65.3 Å². The van der Waals surface area contributed by atoms with Crippen LogP contribution in [0.15, 0.2) is 66.7 Å². The number of rotatable bonds is 8. The minimum Gasteiger partial charge on any atom is -0.433 e. The molecule has 8 nitrogen and oxygen atoms in total. The molecule has 2 unspecified atom stereocenters. The molecule has 5 rings (SSSR count). The topological polar surface area (TPSA) is 88.2 Å². The quantitative estimate of drug-likeness (QED) is 0.290. The number of nitrogens with one attached hydrogen (secondary N) is 1. The Kier molecular flexibility index (Phi) is 9.09. The molecule has 0 saturated carbocycles. The normalized spacial score (nSPS) is 19.9. The Labute approximate surface area is 261 Å². The van der Waals surface area contributed by atoms with Gasteiger partial charge in [-0.2, -0.15) is 0 Å². The molecule has 0 aromatic heterocycles. The summed E-state index contributed by atoms with van der Waals surface area (Å²) in [4.78, 5) is 40.4. The third-order valence-electron chi connectivity index (χ3n) is 7.89. The van der Waals surface area contributed by atoms with Gasteiger partial charge in [0.25, 0.3) is 5.91 Å². The highest BCUT2D eigenvalue weighted by molar-refractivity contribution is 6.30. The van der Waals surface area contributed by atoms with Gasteiger partial charge in [0, 0.05) is 47.7 Å². The van der Waals surface area contributed by atoms with Gasteiger partial charge in [0.05, 0.1) is 0 Å². The third kappa shape index (κ3) is 7.39. The van der Waals surface area contributed by atoms with Gasteiger partial charge < -0.3 is 19.7 Å². The fourth-order valence-corrected chi connectivity index (χ4v) is 5.79. The van der Waals surface area contributed by atoms with Crippen LogP contribution in [0.2, 0.25) is 5.02 Å². The van der Waals surface area contributed by atoms with E-state index in [1.807, 2.05) is 30.3 Å². The summed E-state index contributed by atoms with van der Waals surface area (Å²) >= 11 is 5.87. The van der Waals surface area contributed by atoms with E-state index in [-0.39, 0.29) is 47.7 Å². The van der Waals surface area contributed by atoms with Gasteiger partial charge in [-0.3, -0.25) is 9.59 Å². The molecule has 238 valence electrons. The Hall–Kier alpha value is -4.16. The van der Waals surface area contributed by atoms with Crippen LogP contribution in [-0.2, 0) is 20.9 Å². The first-order valence-corrected chi connectivity index (χ1v) is 14.5. The van der Waals surface area contributed by atoms with Gasteiger partial charge in [-0.05, 0) is 61.7 Å². The maximum absolute atomic E-state index is 14.7. The van der Waals surface area contributed by atoms with Crippen molar-refractivity contribution in [3.05, 3.63) is 88.7 Å². The first-order valence-electron chi connectivity index (χ1n) is 14.2. The standard InChI is InChI=1S/C32H30ClF4N3O5/c1-31(2)29(42)40(30(43)45-31)18-28(41)39-13-12-26(24(17-39)19-6-4-3-5-7-19)38-16-21-14-20(8-11-27(21)44-32(35,36)37)23-10-9-22(33)15-25(23)34/h3-11,14-15,24,26,38H,12-13,16-18H2,1-2H3. The molecule has 13 heteroatoms. The Morgan fingerprint density at radius 1 is 1.09 bits per heavy atom. The van der Waals surface area contributed by atoms with Crippen molar-refractivity contribution >= 4 is 29.5 Å². The third-order valence-corrected chi connectivity index (χ3v) is 8.13. The van der Waals surface area contributed by atoms with Crippen LogP contribution in [0.4, 0.5) is 22.4 Å². The summed E-state index contributed by atoms with van der Waals surface area (Å²) in [5.41, 5.74) is 0.185. The van der Waals surface area contributed by atoms with Crippen molar-refractivity contribution in [3.8, 4) is 16.9 Å². The molecule has 1 N–H and O–H groups in total. The lowest BCUT2D eigenvalue weighted by Gasteiger charge is -2.40. The van der Waals surface area contributed by atoms with Crippen LogP contribution in [0, 0.1) is 5.82 Å². The zero-order valence-corrected chi connectivity index (χ0v) is 25.1. The predicted molar refractivity (Wildman–Crippen MR) is 157 cm³/mol. The fraction of sp³-hybridized carbons (Fsp3) is 0.344. The van der Waals surface area contributed by atoms with Gasteiger partial charge in [-0.15, -0.1) is 13.2 Å². The molecule has 3 aromatic rings. The molecule has 2 saturated heterocycles. The highest BCUT2D eigenvalue weighted by Crippen LogP contribution is 2.34. The number of hydrogen-bond donors (Lipinski definition) is 1. The number of halogens is 5. The van der Waals surface area contributed by atoms with Gasteiger partial charge >= 0.3 is 12.5 Å². The number of carbonyl (C=O) groups excluding carboxylic acids is 3. The number of benzene rings is 3. The van der Waals surface area contributed by atoms with Crippen LogP contribution in [0.25, 0.3) is 11.1 Å². The Morgan fingerprint density at radius 2 is 1.82 bits per heavy atom. The fourth-order valence-electron chi connectivity index (χ4n) is 5.63. The molecule has 0 bridgehead atoms. The Balaban J connectivity index is 1.36. The average Bonchev–Trinajstić information content (AvgIpc) is 3.17. The Morgan fingerprint density at radius 3 is 2.47 bits per heavy atom. The van der Waals surface area contributed by atoms with E-state index in [9.17, 15) is 31.9 Å². The highest BCUT2D eigenvalue weighted by Gasteiger charge is 2.48. The SMILES string of the molecule is CC1(C)OC(=O)N(CC(=O)N2CCC(NCc3cc(-c4ccc(Cl)cc4F)ccc3OC(F)(F)F)C(c3ccccc3)C2)C1=O. The van der Waals surface area contributed by atoms with E-state index in [0.29, 0.717) is 12.0 Å². The van der Waals surface area contributed by atoms with Crippen molar-refractivity contribution in [2.75, 3.05) is 19.6 Å². The molecule has 2 fully saturated rings. The van der Waals surface area contributed by atoms with Crippen molar-refractivity contribution in [1.29, 1.82) is 0 Å². The Bertz CT molecular complexity index is 1600. The summed E-state index contributed by atoms with van der Waals surface area (Å²) in [6.07, 6.45) is -5.42. The number of alkyl halides is 3. The van der Waals surface area contributed by atoms with Gasteiger partial charge in [0.15, 0.2) is 5.60 Å². The van der Waals surface area contributed by atoms with Crippen LogP contribution in [0.1, 0.15) is 37.3 Å². The highest BCUT2D eigenvalue weighted by atomic mass is 35.5. The number of hydrogen-bond acceptors (Lipinski definition) is 6. The summed E-state index contributed by atoms with van der Waals surface area (Å²) in [7, 11) is 0. The number of ether oxygens (including phenoxy) is 2. The zero-order valence-electron chi connectivity index (χ0n) is 24.4. The van der Waals surface area contributed by atoms with Crippen LogP contribution in [0.3, 0.4) is 0 Å². The minimum absolute atomic E-state index is 0.0559. The maximum Gasteiger partial charge on any atom is 0.573 e. The number of piperidine rings is 1. The number of carbonyl (C=O) groups is 3. The summed E-state index contributed by atoms with van der Waals surface area (Å²) < 4.78 is 63.9. The zero-order chi connectivity index (χ0) is 32.5. The van der Waals surface area contributed by atoms with Crippen LogP contribution < -0.4 is 10.1 Å². The monoisotopic (exact) mass is 647 g/mol. The van der Waals surface area contributed by atoms with Crippen molar-refractivity contribution in [3.63, 3.8) is 0 Å². The molecular weight excluding hydrogens is 618 g/mol. The van der Waals surface area contributed by atoms with Crippen LogP contribution >= 0.6 is 11.6 Å². The lowest BCUT2D eigenvalue weighted by Crippen LogP contribution is -2.52. The largest absolute Gasteiger partial charge is 0.573 e. The molecule has 3 aromatic carbocycles. The summed E-state index contributed by atoms with van der Waals surface area (Å²) in [5.74, 6) is -2.38. The average molecular weight is 648 g/mol. The first-order chi connectivity index (χ1) is 21.2. The van der Waals surface area contributed by atoms with E-state index in [0.717, 1.165) is 22.6 Å². The first kappa shape index (κ1) is 32.2. The van der Waals surface area contributed by atoms with Crippen molar-refractivity contribution in [2.45, 2.75) is 50.7 Å². The molecule has 2 atom stereocenters. The van der Waals surface area contributed by atoms with Gasteiger partial charge in [-0.25, -0.2) is 14.1 Å². The molecule has 45 heavy (non-hydrogen) atoms. The molecular formula is C32H30ClF4N3O5. The maximum atomic E-state index is 14.7. The van der Waals surface area contributed by atoms with Gasteiger partial charge in [-0.1, -0.05) is 48.0 Å². The van der Waals surface area contributed by atoms with Gasteiger partial charge in [0.1, 0.15) is 18.1 Å². The lowest BCUT2D eigenvalue weighted by atomic mass is 9.85. The second kappa shape index (κ2) is 12.7. The molecule has 0 radical (unpaired) electrons. The van der Waals surface area contributed by atoms with Crippen molar-refractivity contribution in [1.82, 2.24) is 15.1 Å².